The number of allylic oxidation sites excluding steroid dienone is 2. The van der Waals surface area contributed by atoms with Gasteiger partial charge in [0.15, 0.2) is 5.54 Å². The van der Waals surface area contributed by atoms with Crippen LogP contribution in [0, 0.1) is 28.6 Å². The predicted octanol–water partition coefficient (Wildman–Crippen LogP) is 4.40. The molecule has 3 amide bonds. The van der Waals surface area contributed by atoms with Crippen LogP contribution in [0.5, 0.6) is 0 Å². The van der Waals surface area contributed by atoms with E-state index in [0.29, 0.717) is 37.3 Å². The molecule has 2 spiro atoms. The average Bonchev–Trinajstić information content (AvgIpc) is 3.48. The van der Waals surface area contributed by atoms with Gasteiger partial charge in [-0.05, 0) is 74.3 Å². The first-order valence-electron chi connectivity index (χ1n) is 11.2. The van der Waals surface area contributed by atoms with Crippen molar-refractivity contribution in [2.45, 2.75) is 64.8 Å². The maximum Gasteiger partial charge on any atom is 0.322 e. The van der Waals surface area contributed by atoms with Crippen LogP contribution < -0.4 is 10.6 Å². The van der Waals surface area contributed by atoms with E-state index in [1.54, 1.807) is 0 Å². The summed E-state index contributed by atoms with van der Waals surface area (Å²) >= 11 is 0. The number of urea groups is 1. The second-order valence-electron chi connectivity index (χ2n) is 8.85. The molecule has 3 fully saturated rings. The number of imide groups is 1. The van der Waals surface area contributed by atoms with Gasteiger partial charge in [0.1, 0.15) is 0 Å². The lowest BCUT2D eigenvalue weighted by Gasteiger charge is -2.45. The molecule has 3 atom stereocenters. The van der Waals surface area contributed by atoms with Crippen LogP contribution in [0.4, 0.5) is 4.79 Å². The molecule has 1 saturated heterocycles. The Morgan fingerprint density at radius 1 is 1.23 bits per heavy atom. The molecular formula is C25H30N3O2P. The minimum atomic E-state index is -1.09. The second-order valence-corrected chi connectivity index (χ2v) is 9.71. The standard InChI is InChI=1S/C23H24N3O2P.C2H6/c1-13(29)17-12-22(9-8-19(17)24)11-16-7-6-15(5-4-14-2-3-14)10-18(16)23(22)20(27)25-21(28)26-23;1-2/h6-7,10,14,24H,2-3,8-9,11-12,29H2,1H3,(H2,25,26,27,28);1-2H3/b17-13-,24-19?;. The highest BCUT2D eigenvalue weighted by molar-refractivity contribution is 7.22. The average molecular weight is 436 g/mol. The van der Waals surface area contributed by atoms with E-state index < -0.39 is 17.0 Å². The SMILES string of the molecule is C/C(P)=C1\CC2(CCC1=N)Cc1ccc(C#CC3CC3)cc1C21NC(=O)NC1=O.CC. The number of fused-ring (bicyclic) bond motifs is 3. The summed E-state index contributed by atoms with van der Waals surface area (Å²) in [7, 11) is 2.70. The lowest BCUT2D eigenvalue weighted by Crippen LogP contribution is -2.56. The zero-order chi connectivity index (χ0) is 22.4. The van der Waals surface area contributed by atoms with Gasteiger partial charge in [0, 0.05) is 22.6 Å². The van der Waals surface area contributed by atoms with Crippen molar-refractivity contribution in [3.8, 4) is 11.8 Å². The van der Waals surface area contributed by atoms with E-state index in [1.165, 1.54) is 12.8 Å². The van der Waals surface area contributed by atoms with Gasteiger partial charge in [-0.15, -0.1) is 9.24 Å². The Morgan fingerprint density at radius 2 is 1.97 bits per heavy atom. The highest BCUT2D eigenvalue weighted by Gasteiger charge is 2.66. The summed E-state index contributed by atoms with van der Waals surface area (Å²) in [5, 5.41) is 14.9. The Balaban J connectivity index is 0.00000112. The lowest BCUT2D eigenvalue weighted by atomic mass is 9.60. The van der Waals surface area contributed by atoms with E-state index >= 15 is 0 Å². The Morgan fingerprint density at radius 3 is 2.58 bits per heavy atom. The van der Waals surface area contributed by atoms with Crippen LogP contribution in [0.15, 0.2) is 29.1 Å². The third-order valence-electron chi connectivity index (χ3n) is 6.91. The van der Waals surface area contributed by atoms with E-state index in [-0.39, 0.29) is 5.91 Å². The Hall–Kier alpha value is -2.44. The maximum atomic E-state index is 13.3. The Kier molecular flexibility index (Phi) is 5.56. The van der Waals surface area contributed by atoms with E-state index in [2.05, 4.69) is 37.8 Å². The lowest BCUT2D eigenvalue weighted by molar-refractivity contribution is -0.129. The molecule has 5 rings (SSSR count). The zero-order valence-electron chi connectivity index (χ0n) is 18.4. The quantitative estimate of drug-likeness (QED) is 0.321. The van der Waals surface area contributed by atoms with Crippen LogP contribution in [0.3, 0.4) is 0 Å². The summed E-state index contributed by atoms with van der Waals surface area (Å²) in [6.45, 7) is 5.99. The highest BCUT2D eigenvalue weighted by atomic mass is 31.0. The van der Waals surface area contributed by atoms with Gasteiger partial charge in [-0.25, -0.2) is 4.79 Å². The molecule has 2 saturated carbocycles. The number of amides is 3. The van der Waals surface area contributed by atoms with E-state index in [9.17, 15) is 9.59 Å². The number of carbonyl (C=O) groups is 2. The largest absolute Gasteiger partial charge is 0.322 e. The molecule has 6 heteroatoms. The van der Waals surface area contributed by atoms with Gasteiger partial charge < -0.3 is 10.7 Å². The van der Waals surface area contributed by atoms with Crippen LogP contribution in [-0.2, 0) is 16.8 Å². The number of hydrogen-bond acceptors (Lipinski definition) is 3. The molecule has 0 bridgehead atoms. The van der Waals surface area contributed by atoms with Gasteiger partial charge in [0.2, 0.25) is 0 Å². The number of rotatable bonds is 0. The fourth-order valence-electron chi connectivity index (χ4n) is 5.27. The van der Waals surface area contributed by atoms with Crippen molar-refractivity contribution in [1.82, 2.24) is 10.6 Å². The third-order valence-corrected chi connectivity index (χ3v) is 7.26. The molecular weight excluding hydrogens is 405 g/mol. The summed E-state index contributed by atoms with van der Waals surface area (Å²) < 4.78 is 0. The van der Waals surface area contributed by atoms with E-state index in [0.717, 1.165) is 27.6 Å². The van der Waals surface area contributed by atoms with E-state index in [4.69, 9.17) is 5.41 Å². The number of hydrogen-bond donors (Lipinski definition) is 3. The van der Waals surface area contributed by atoms with Crippen LogP contribution in [0.2, 0.25) is 0 Å². The van der Waals surface area contributed by atoms with Crippen molar-refractivity contribution in [2.24, 2.45) is 11.3 Å². The first-order valence-corrected chi connectivity index (χ1v) is 11.7. The highest BCUT2D eigenvalue weighted by Crippen LogP contribution is 2.59. The summed E-state index contributed by atoms with van der Waals surface area (Å²) in [4.78, 5) is 25.6. The molecule has 1 aliphatic heterocycles. The monoisotopic (exact) mass is 435 g/mol. The molecule has 31 heavy (non-hydrogen) atoms. The molecule has 1 aromatic rings. The number of carbonyl (C=O) groups excluding carboxylic acids is 2. The second kappa shape index (κ2) is 7.92. The summed E-state index contributed by atoms with van der Waals surface area (Å²) in [5.74, 6) is 6.76. The van der Waals surface area contributed by atoms with Gasteiger partial charge >= 0.3 is 6.03 Å². The maximum absolute atomic E-state index is 13.3. The normalized spacial score (nSPS) is 30.1. The fourth-order valence-corrected chi connectivity index (χ4v) is 5.54. The molecule has 162 valence electrons. The Labute approximate surface area is 186 Å². The van der Waals surface area contributed by atoms with Crippen molar-refractivity contribution in [2.75, 3.05) is 0 Å². The van der Waals surface area contributed by atoms with Gasteiger partial charge in [-0.2, -0.15) is 0 Å². The van der Waals surface area contributed by atoms with Gasteiger partial charge in [0.25, 0.3) is 5.91 Å². The first-order chi connectivity index (χ1) is 14.8. The third kappa shape index (κ3) is 3.42. The number of benzene rings is 1. The van der Waals surface area contributed by atoms with Crippen LogP contribution in [0.25, 0.3) is 0 Å². The molecule has 5 nitrogen and oxygen atoms in total. The smallest absolute Gasteiger partial charge is 0.319 e. The van der Waals surface area contributed by atoms with Crippen molar-refractivity contribution in [3.63, 3.8) is 0 Å². The molecule has 0 radical (unpaired) electrons. The van der Waals surface area contributed by atoms with Crippen LogP contribution in [0.1, 0.15) is 69.6 Å². The van der Waals surface area contributed by atoms with Gasteiger partial charge in [0.05, 0.1) is 0 Å². The van der Waals surface area contributed by atoms with Gasteiger partial charge in [-0.3, -0.25) is 10.1 Å². The number of nitrogens with one attached hydrogen (secondary N) is 3. The molecule has 1 heterocycles. The topological polar surface area (TPSA) is 82.1 Å². The van der Waals surface area contributed by atoms with Gasteiger partial charge in [-0.1, -0.05) is 37.1 Å². The van der Waals surface area contributed by atoms with Crippen molar-refractivity contribution < 1.29 is 9.59 Å². The summed E-state index contributed by atoms with van der Waals surface area (Å²) in [6.07, 6.45) is 4.94. The van der Waals surface area contributed by atoms with Crippen LogP contribution in [-0.4, -0.2) is 17.6 Å². The molecule has 3 aliphatic carbocycles. The Bertz CT molecular complexity index is 1070. The molecule has 4 aliphatic rings. The molecule has 1 aromatic carbocycles. The van der Waals surface area contributed by atoms with Crippen molar-refractivity contribution in [3.05, 3.63) is 45.8 Å². The first kappa shape index (κ1) is 21.8. The predicted molar refractivity (Wildman–Crippen MR) is 126 cm³/mol. The fraction of sp³-hybridized carbons (Fsp3) is 0.480. The zero-order valence-corrected chi connectivity index (χ0v) is 19.6. The van der Waals surface area contributed by atoms with Crippen molar-refractivity contribution in [1.29, 1.82) is 5.41 Å². The summed E-state index contributed by atoms with van der Waals surface area (Å²) in [5.41, 5.74) is 2.91. The van der Waals surface area contributed by atoms with E-state index in [1.807, 2.05) is 32.9 Å². The minimum Gasteiger partial charge on any atom is -0.319 e. The minimum absolute atomic E-state index is 0.275. The van der Waals surface area contributed by atoms with Crippen LogP contribution >= 0.6 is 9.24 Å². The molecule has 0 aromatic heterocycles. The molecule has 3 N–H and O–H groups in total. The molecule has 3 unspecified atom stereocenters. The van der Waals surface area contributed by atoms with Crippen molar-refractivity contribution >= 4 is 26.9 Å². The summed E-state index contributed by atoms with van der Waals surface area (Å²) in [6, 6.07) is 5.65.